The molecule has 1 N–H and O–H groups in total. The standard InChI is InChI=1S/C24H30N2O3/c1-29-17-23(28)25-13-5-6-14-26-21(15-25)24(22(26)16-27)20-11-9-19(10-12-20)18-7-3-2-4-8-18/h2-4,7-12,21-22,24,27H,5-6,13-17H2,1H3/t21-,22-,24-/m0/s1. The van der Waals surface area contributed by atoms with Gasteiger partial charge in [0.15, 0.2) is 0 Å². The minimum Gasteiger partial charge on any atom is -0.395 e. The fourth-order valence-electron chi connectivity index (χ4n) is 4.91. The van der Waals surface area contributed by atoms with E-state index in [9.17, 15) is 9.90 Å². The number of amides is 1. The van der Waals surface area contributed by atoms with Gasteiger partial charge in [-0.05, 0) is 36.1 Å². The number of benzene rings is 2. The molecule has 2 fully saturated rings. The van der Waals surface area contributed by atoms with E-state index in [-0.39, 0.29) is 37.1 Å². The van der Waals surface area contributed by atoms with Gasteiger partial charge in [0.05, 0.1) is 6.61 Å². The van der Waals surface area contributed by atoms with E-state index in [1.54, 1.807) is 7.11 Å². The Bertz CT molecular complexity index is 809. The van der Waals surface area contributed by atoms with E-state index in [1.165, 1.54) is 16.7 Å². The minimum atomic E-state index is 0.0555. The lowest BCUT2D eigenvalue weighted by atomic mass is 9.74. The molecule has 29 heavy (non-hydrogen) atoms. The van der Waals surface area contributed by atoms with E-state index in [0.29, 0.717) is 6.54 Å². The van der Waals surface area contributed by atoms with Gasteiger partial charge in [-0.3, -0.25) is 9.69 Å². The maximum atomic E-state index is 12.5. The molecule has 0 saturated carbocycles. The van der Waals surface area contributed by atoms with Crippen LogP contribution in [0, 0.1) is 0 Å². The zero-order valence-corrected chi connectivity index (χ0v) is 17.0. The Morgan fingerprint density at radius 3 is 2.41 bits per heavy atom. The molecule has 0 bridgehead atoms. The summed E-state index contributed by atoms with van der Waals surface area (Å²) in [5, 5.41) is 10.1. The van der Waals surface area contributed by atoms with Gasteiger partial charge in [-0.25, -0.2) is 0 Å². The molecular weight excluding hydrogens is 364 g/mol. The van der Waals surface area contributed by atoms with Crippen LogP contribution in [-0.2, 0) is 9.53 Å². The molecule has 0 aliphatic carbocycles. The zero-order valence-electron chi connectivity index (χ0n) is 17.0. The van der Waals surface area contributed by atoms with Gasteiger partial charge in [0.1, 0.15) is 6.61 Å². The molecule has 2 heterocycles. The first kappa shape index (κ1) is 20.1. The van der Waals surface area contributed by atoms with Gasteiger partial charge in [0.2, 0.25) is 5.91 Å². The maximum absolute atomic E-state index is 12.5. The number of methoxy groups -OCH3 is 1. The van der Waals surface area contributed by atoms with Crippen LogP contribution in [0.15, 0.2) is 54.6 Å². The van der Waals surface area contributed by atoms with Crippen LogP contribution in [0.3, 0.4) is 0 Å². The van der Waals surface area contributed by atoms with E-state index in [2.05, 4.69) is 53.4 Å². The topological polar surface area (TPSA) is 53.0 Å². The van der Waals surface area contributed by atoms with E-state index < -0.39 is 0 Å². The minimum absolute atomic E-state index is 0.0555. The quantitative estimate of drug-likeness (QED) is 0.847. The highest BCUT2D eigenvalue weighted by Gasteiger charge is 2.49. The number of ether oxygens (including phenoxy) is 1. The predicted molar refractivity (Wildman–Crippen MR) is 114 cm³/mol. The molecule has 2 aromatic carbocycles. The number of hydrogen-bond acceptors (Lipinski definition) is 4. The number of carbonyl (C=O) groups is 1. The SMILES string of the molecule is COCC(=O)N1CCCCN2[C@@H](CO)[C@@H](c3ccc(-c4ccccc4)cc3)[C@@H]2C1. The number of fused-ring (bicyclic) bond motifs is 1. The van der Waals surface area contributed by atoms with Crippen LogP contribution in [0.1, 0.15) is 24.3 Å². The normalized spacial score (nSPS) is 24.9. The van der Waals surface area contributed by atoms with Crippen molar-refractivity contribution < 1.29 is 14.6 Å². The van der Waals surface area contributed by atoms with Gasteiger partial charge < -0.3 is 14.7 Å². The van der Waals surface area contributed by atoms with Crippen molar-refractivity contribution in [2.45, 2.75) is 30.8 Å². The Morgan fingerprint density at radius 1 is 1.03 bits per heavy atom. The van der Waals surface area contributed by atoms with Crippen LogP contribution in [0.2, 0.25) is 0 Å². The first-order valence-corrected chi connectivity index (χ1v) is 10.5. The summed E-state index contributed by atoms with van der Waals surface area (Å²) in [4.78, 5) is 16.8. The van der Waals surface area contributed by atoms with Crippen LogP contribution in [-0.4, -0.2) is 72.9 Å². The Hall–Kier alpha value is -2.21. The smallest absolute Gasteiger partial charge is 0.248 e. The average Bonchev–Trinajstić information content (AvgIpc) is 2.74. The molecule has 2 aliphatic heterocycles. The second-order valence-corrected chi connectivity index (χ2v) is 8.05. The largest absolute Gasteiger partial charge is 0.395 e. The van der Waals surface area contributed by atoms with Crippen LogP contribution < -0.4 is 0 Å². The lowest BCUT2D eigenvalue weighted by molar-refractivity contribution is -0.140. The molecule has 5 nitrogen and oxygen atoms in total. The number of aliphatic hydroxyl groups is 1. The summed E-state index contributed by atoms with van der Waals surface area (Å²) < 4.78 is 5.07. The molecule has 5 heteroatoms. The molecule has 0 spiro atoms. The zero-order chi connectivity index (χ0) is 20.2. The highest BCUT2D eigenvalue weighted by atomic mass is 16.5. The highest BCUT2D eigenvalue weighted by molar-refractivity contribution is 5.77. The number of rotatable bonds is 5. The number of aliphatic hydroxyl groups excluding tert-OH is 1. The van der Waals surface area contributed by atoms with Crippen molar-refractivity contribution in [3.63, 3.8) is 0 Å². The van der Waals surface area contributed by atoms with Crippen molar-refractivity contribution in [3.8, 4) is 11.1 Å². The first-order valence-electron chi connectivity index (χ1n) is 10.5. The Labute approximate surface area is 172 Å². The molecule has 0 aromatic heterocycles. The fourth-order valence-corrected chi connectivity index (χ4v) is 4.91. The Balaban J connectivity index is 1.56. The lowest BCUT2D eigenvalue weighted by Crippen LogP contribution is -2.68. The van der Waals surface area contributed by atoms with Gasteiger partial charge in [0, 0.05) is 38.2 Å². The third-order valence-electron chi connectivity index (χ3n) is 6.39. The number of nitrogens with zero attached hydrogens (tertiary/aromatic N) is 2. The van der Waals surface area contributed by atoms with Crippen molar-refractivity contribution in [1.82, 2.24) is 9.80 Å². The van der Waals surface area contributed by atoms with E-state index in [0.717, 1.165) is 25.9 Å². The van der Waals surface area contributed by atoms with E-state index >= 15 is 0 Å². The molecule has 2 saturated heterocycles. The van der Waals surface area contributed by atoms with E-state index in [4.69, 9.17) is 4.74 Å². The third-order valence-corrected chi connectivity index (χ3v) is 6.39. The first-order chi connectivity index (χ1) is 14.2. The summed E-state index contributed by atoms with van der Waals surface area (Å²) in [6.45, 7) is 2.75. The molecule has 4 rings (SSSR count). The van der Waals surface area contributed by atoms with Gasteiger partial charge >= 0.3 is 0 Å². The molecular formula is C24H30N2O3. The summed E-state index contributed by atoms with van der Waals surface area (Å²) >= 11 is 0. The Morgan fingerprint density at radius 2 is 1.72 bits per heavy atom. The van der Waals surface area contributed by atoms with Crippen molar-refractivity contribution in [1.29, 1.82) is 0 Å². The van der Waals surface area contributed by atoms with Crippen LogP contribution in [0.5, 0.6) is 0 Å². The summed E-state index contributed by atoms with van der Waals surface area (Å²) in [6.07, 6.45) is 2.04. The van der Waals surface area contributed by atoms with Gasteiger partial charge in [-0.2, -0.15) is 0 Å². The summed E-state index contributed by atoms with van der Waals surface area (Å²) in [5.41, 5.74) is 3.64. The predicted octanol–water partition coefficient (Wildman–Crippen LogP) is 2.75. The summed E-state index contributed by atoms with van der Waals surface area (Å²) in [5.74, 6) is 0.292. The highest BCUT2D eigenvalue weighted by Crippen LogP contribution is 2.42. The summed E-state index contributed by atoms with van der Waals surface area (Å²) in [7, 11) is 1.57. The van der Waals surface area contributed by atoms with Gasteiger partial charge in [0.25, 0.3) is 0 Å². The van der Waals surface area contributed by atoms with Crippen molar-refractivity contribution in [2.75, 3.05) is 40.0 Å². The van der Waals surface area contributed by atoms with E-state index in [1.807, 2.05) is 11.0 Å². The van der Waals surface area contributed by atoms with Crippen LogP contribution in [0.4, 0.5) is 0 Å². The monoisotopic (exact) mass is 394 g/mol. The Kier molecular flexibility index (Phi) is 6.28. The lowest BCUT2D eigenvalue weighted by Gasteiger charge is -2.57. The van der Waals surface area contributed by atoms with Crippen LogP contribution >= 0.6 is 0 Å². The fraction of sp³-hybridized carbons (Fsp3) is 0.458. The second kappa shape index (κ2) is 9.08. The number of carbonyl (C=O) groups excluding carboxylic acids is 1. The molecule has 0 unspecified atom stereocenters. The second-order valence-electron chi connectivity index (χ2n) is 8.05. The average molecular weight is 395 g/mol. The van der Waals surface area contributed by atoms with Crippen molar-refractivity contribution in [2.24, 2.45) is 0 Å². The molecule has 154 valence electrons. The van der Waals surface area contributed by atoms with Crippen molar-refractivity contribution in [3.05, 3.63) is 60.2 Å². The molecule has 1 amide bonds. The van der Waals surface area contributed by atoms with Crippen LogP contribution in [0.25, 0.3) is 11.1 Å². The van der Waals surface area contributed by atoms with Gasteiger partial charge in [-0.15, -0.1) is 0 Å². The van der Waals surface area contributed by atoms with Gasteiger partial charge in [-0.1, -0.05) is 54.6 Å². The number of hydrogen-bond donors (Lipinski definition) is 1. The molecule has 2 aromatic rings. The maximum Gasteiger partial charge on any atom is 0.248 e. The summed E-state index contributed by atoms with van der Waals surface area (Å²) in [6, 6.07) is 19.4. The molecule has 0 radical (unpaired) electrons. The molecule has 2 aliphatic rings. The third kappa shape index (κ3) is 4.08. The van der Waals surface area contributed by atoms with Crippen molar-refractivity contribution >= 4 is 5.91 Å². The molecule has 3 atom stereocenters.